The van der Waals surface area contributed by atoms with Crippen molar-refractivity contribution in [2.24, 2.45) is 5.73 Å². The average molecular weight is 234 g/mol. The Kier molecular flexibility index (Phi) is 3.48. The molecule has 0 aliphatic rings. The lowest BCUT2D eigenvalue weighted by atomic mass is 10.3. The van der Waals surface area contributed by atoms with Crippen LogP contribution in [0.25, 0.3) is 0 Å². The Balaban J connectivity index is 2.05. The molecule has 2 N–H and O–H groups in total. The van der Waals surface area contributed by atoms with Crippen molar-refractivity contribution < 1.29 is 0 Å². The normalized spacial score (nSPS) is 10.4. The van der Waals surface area contributed by atoms with Crippen molar-refractivity contribution in [3.63, 3.8) is 0 Å². The quantitative estimate of drug-likeness (QED) is 0.873. The molecule has 0 atom stereocenters. The van der Waals surface area contributed by atoms with E-state index in [4.69, 9.17) is 5.73 Å². The molecule has 2 aromatic heterocycles. The summed E-state index contributed by atoms with van der Waals surface area (Å²) in [5.41, 5.74) is 6.28. The first-order valence-electron chi connectivity index (χ1n) is 5.06. The van der Waals surface area contributed by atoms with Gasteiger partial charge < -0.3 is 10.6 Å². The molecular weight excluding hydrogens is 220 g/mol. The molecular formula is C11H14N4S. The highest BCUT2D eigenvalue weighted by Gasteiger charge is 2.04. The van der Waals surface area contributed by atoms with Crippen LogP contribution in [0.15, 0.2) is 29.6 Å². The summed E-state index contributed by atoms with van der Waals surface area (Å²) in [6, 6.07) is 8.02. The van der Waals surface area contributed by atoms with Crippen LogP contribution in [0.2, 0.25) is 0 Å². The second-order valence-corrected chi connectivity index (χ2v) is 4.55. The van der Waals surface area contributed by atoms with Crippen molar-refractivity contribution in [3.05, 3.63) is 40.2 Å². The molecule has 5 heteroatoms. The van der Waals surface area contributed by atoms with Crippen LogP contribution < -0.4 is 10.6 Å². The molecule has 0 saturated heterocycles. The van der Waals surface area contributed by atoms with Gasteiger partial charge >= 0.3 is 0 Å². The van der Waals surface area contributed by atoms with E-state index in [1.807, 2.05) is 19.2 Å². The monoisotopic (exact) mass is 234 g/mol. The Morgan fingerprint density at radius 1 is 1.31 bits per heavy atom. The minimum absolute atomic E-state index is 0.432. The second-order valence-electron chi connectivity index (χ2n) is 3.52. The van der Waals surface area contributed by atoms with Gasteiger partial charge in [0.25, 0.3) is 0 Å². The van der Waals surface area contributed by atoms with E-state index in [-0.39, 0.29) is 0 Å². The van der Waals surface area contributed by atoms with E-state index in [9.17, 15) is 0 Å². The lowest BCUT2D eigenvalue weighted by molar-refractivity contribution is 0.842. The third-order valence-corrected chi connectivity index (χ3v) is 3.14. The fourth-order valence-corrected chi connectivity index (χ4v) is 2.14. The first-order valence-corrected chi connectivity index (χ1v) is 5.94. The molecule has 0 aromatic carbocycles. The van der Waals surface area contributed by atoms with Gasteiger partial charge in [0, 0.05) is 18.5 Å². The highest BCUT2D eigenvalue weighted by Crippen LogP contribution is 2.15. The highest BCUT2D eigenvalue weighted by molar-refractivity contribution is 7.09. The van der Waals surface area contributed by atoms with Gasteiger partial charge in [-0.3, -0.25) is 0 Å². The summed E-state index contributed by atoms with van der Waals surface area (Å²) in [4.78, 5) is 3.38. The molecule has 0 amide bonds. The van der Waals surface area contributed by atoms with Crippen molar-refractivity contribution in [1.82, 2.24) is 10.2 Å². The molecule has 0 bridgehead atoms. The van der Waals surface area contributed by atoms with E-state index in [2.05, 4.69) is 32.6 Å². The van der Waals surface area contributed by atoms with Crippen molar-refractivity contribution >= 4 is 17.2 Å². The van der Waals surface area contributed by atoms with E-state index >= 15 is 0 Å². The van der Waals surface area contributed by atoms with Crippen molar-refractivity contribution in [2.75, 3.05) is 11.9 Å². The van der Waals surface area contributed by atoms with Gasteiger partial charge in [0.15, 0.2) is 5.82 Å². The van der Waals surface area contributed by atoms with Gasteiger partial charge in [-0.1, -0.05) is 6.07 Å². The van der Waals surface area contributed by atoms with Crippen molar-refractivity contribution in [3.8, 4) is 0 Å². The van der Waals surface area contributed by atoms with E-state index < -0.39 is 0 Å². The predicted molar refractivity (Wildman–Crippen MR) is 66.3 cm³/mol. The van der Waals surface area contributed by atoms with Crippen LogP contribution in [-0.4, -0.2) is 17.2 Å². The summed E-state index contributed by atoms with van der Waals surface area (Å²) >= 11 is 1.74. The Hall–Kier alpha value is -1.46. The summed E-state index contributed by atoms with van der Waals surface area (Å²) in [7, 11) is 2.01. The molecule has 0 spiro atoms. The van der Waals surface area contributed by atoms with Crippen LogP contribution in [0.5, 0.6) is 0 Å². The average Bonchev–Trinajstić information content (AvgIpc) is 2.82. The zero-order valence-corrected chi connectivity index (χ0v) is 9.94. The SMILES string of the molecule is CN(Cc1cccs1)c1ccc(CN)nn1. The largest absolute Gasteiger partial charge is 0.353 e. The smallest absolute Gasteiger partial charge is 0.151 e. The van der Waals surface area contributed by atoms with E-state index in [1.165, 1.54) is 4.88 Å². The zero-order valence-electron chi connectivity index (χ0n) is 9.13. The molecule has 16 heavy (non-hydrogen) atoms. The molecule has 2 aromatic rings. The van der Waals surface area contributed by atoms with E-state index in [1.54, 1.807) is 11.3 Å². The molecule has 2 rings (SSSR count). The van der Waals surface area contributed by atoms with Crippen LogP contribution in [0, 0.1) is 0 Å². The molecule has 84 valence electrons. The number of thiophene rings is 1. The minimum atomic E-state index is 0.432. The number of nitrogens with two attached hydrogens (primary N) is 1. The van der Waals surface area contributed by atoms with Gasteiger partial charge in [-0.25, -0.2) is 0 Å². The van der Waals surface area contributed by atoms with Gasteiger partial charge in [-0.05, 0) is 23.6 Å². The van der Waals surface area contributed by atoms with Crippen LogP contribution in [0.1, 0.15) is 10.6 Å². The first-order chi connectivity index (χ1) is 7.79. The van der Waals surface area contributed by atoms with Crippen LogP contribution in [0.4, 0.5) is 5.82 Å². The number of hydrogen-bond acceptors (Lipinski definition) is 5. The molecule has 0 aliphatic heterocycles. The maximum absolute atomic E-state index is 5.47. The predicted octanol–water partition coefficient (Wildman–Crippen LogP) is 1.63. The van der Waals surface area contributed by atoms with E-state index in [0.29, 0.717) is 6.54 Å². The lowest BCUT2D eigenvalue weighted by Crippen LogP contribution is -2.17. The van der Waals surface area contributed by atoms with Gasteiger partial charge in [-0.15, -0.1) is 16.4 Å². The van der Waals surface area contributed by atoms with Gasteiger partial charge in [0.1, 0.15) is 0 Å². The fourth-order valence-electron chi connectivity index (χ4n) is 1.38. The molecule has 0 saturated carbocycles. The minimum Gasteiger partial charge on any atom is -0.353 e. The molecule has 2 heterocycles. The summed E-state index contributed by atoms with van der Waals surface area (Å²) in [6.45, 7) is 1.29. The summed E-state index contributed by atoms with van der Waals surface area (Å²) in [5, 5.41) is 10.2. The van der Waals surface area contributed by atoms with Crippen LogP contribution >= 0.6 is 11.3 Å². The van der Waals surface area contributed by atoms with Gasteiger partial charge in [-0.2, -0.15) is 5.10 Å². The third kappa shape index (κ3) is 2.56. The topological polar surface area (TPSA) is 55.0 Å². The standard InChI is InChI=1S/C11H14N4S/c1-15(8-10-3-2-6-16-10)11-5-4-9(7-12)13-14-11/h2-6H,7-8,12H2,1H3. The Morgan fingerprint density at radius 3 is 2.75 bits per heavy atom. The van der Waals surface area contributed by atoms with E-state index in [0.717, 1.165) is 18.1 Å². The summed E-state index contributed by atoms with van der Waals surface area (Å²) in [6.07, 6.45) is 0. The number of nitrogens with zero attached hydrogens (tertiary/aromatic N) is 3. The van der Waals surface area contributed by atoms with Crippen molar-refractivity contribution in [1.29, 1.82) is 0 Å². The van der Waals surface area contributed by atoms with Gasteiger partial charge in [0.05, 0.1) is 12.2 Å². The lowest BCUT2D eigenvalue weighted by Gasteiger charge is -2.16. The molecule has 4 nitrogen and oxygen atoms in total. The Labute approximate surface area is 98.7 Å². The number of hydrogen-bond donors (Lipinski definition) is 1. The number of anilines is 1. The Bertz CT molecular complexity index is 424. The molecule has 0 radical (unpaired) electrons. The highest BCUT2D eigenvalue weighted by atomic mass is 32.1. The molecule has 0 unspecified atom stereocenters. The van der Waals surface area contributed by atoms with Gasteiger partial charge in [0.2, 0.25) is 0 Å². The maximum atomic E-state index is 5.47. The number of rotatable bonds is 4. The second kappa shape index (κ2) is 5.05. The maximum Gasteiger partial charge on any atom is 0.151 e. The fraction of sp³-hybridized carbons (Fsp3) is 0.273. The summed E-state index contributed by atoms with van der Waals surface area (Å²) < 4.78 is 0. The zero-order chi connectivity index (χ0) is 11.4. The molecule has 0 aliphatic carbocycles. The van der Waals surface area contributed by atoms with Crippen LogP contribution in [-0.2, 0) is 13.1 Å². The number of aromatic nitrogens is 2. The van der Waals surface area contributed by atoms with Crippen LogP contribution in [0.3, 0.4) is 0 Å². The van der Waals surface area contributed by atoms with Crippen molar-refractivity contribution in [2.45, 2.75) is 13.1 Å². The third-order valence-electron chi connectivity index (χ3n) is 2.28. The Morgan fingerprint density at radius 2 is 2.19 bits per heavy atom. The summed E-state index contributed by atoms with van der Waals surface area (Å²) in [5.74, 6) is 0.866. The molecule has 0 fully saturated rings. The first kappa shape index (κ1) is 11.0.